The summed E-state index contributed by atoms with van der Waals surface area (Å²) in [5.41, 5.74) is 2.31. The first-order valence-corrected chi connectivity index (χ1v) is 7.76. The summed E-state index contributed by atoms with van der Waals surface area (Å²) in [6.45, 7) is 5.24. The van der Waals surface area contributed by atoms with Crippen molar-refractivity contribution in [3.63, 3.8) is 0 Å². The van der Waals surface area contributed by atoms with Crippen molar-refractivity contribution in [2.75, 3.05) is 13.1 Å². The van der Waals surface area contributed by atoms with E-state index in [4.69, 9.17) is 0 Å². The van der Waals surface area contributed by atoms with Crippen LogP contribution in [0.2, 0.25) is 0 Å². The van der Waals surface area contributed by atoms with Gasteiger partial charge < -0.3 is 10.6 Å². The Bertz CT molecular complexity index is 625. The molecule has 2 aromatic rings. The van der Waals surface area contributed by atoms with Crippen molar-refractivity contribution < 1.29 is 4.79 Å². The molecule has 5 nitrogen and oxygen atoms in total. The number of amides is 1. The maximum atomic E-state index is 12.1. The normalized spacial score (nSPS) is 15.3. The number of rotatable bonds is 6. The van der Waals surface area contributed by atoms with E-state index in [1.54, 1.807) is 6.20 Å². The molecule has 0 bridgehead atoms. The summed E-state index contributed by atoms with van der Waals surface area (Å²) >= 11 is 0. The number of carbonyl (C=O) groups is 1. The minimum atomic E-state index is 0. The molecule has 1 unspecified atom stereocenters. The van der Waals surface area contributed by atoms with Gasteiger partial charge in [0.05, 0.1) is 6.54 Å². The van der Waals surface area contributed by atoms with E-state index in [1.165, 1.54) is 5.56 Å². The molecule has 3 rings (SSSR count). The van der Waals surface area contributed by atoms with Crippen LogP contribution in [0.4, 0.5) is 0 Å². The van der Waals surface area contributed by atoms with Gasteiger partial charge in [0.2, 0.25) is 5.91 Å². The van der Waals surface area contributed by atoms with E-state index in [2.05, 4.69) is 27.9 Å². The molecule has 0 radical (unpaired) electrons. The van der Waals surface area contributed by atoms with Gasteiger partial charge in [-0.1, -0.05) is 31.2 Å². The summed E-state index contributed by atoms with van der Waals surface area (Å²) in [5.74, 6) is 0.698. The largest absolute Gasteiger partial charge is 0.352 e. The molecule has 1 amide bonds. The first kappa shape index (κ1) is 17.5. The third-order valence-electron chi connectivity index (χ3n) is 4.30. The number of hydrogen-bond acceptors (Lipinski definition) is 3. The van der Waals surface area contributed by atoms with Crippen LogP contribution in [-0.4, -0.2) is 28.8 Å². The van der Waals surface area contributed by atoms with Gasteiger partial charge in [0.1, 0.15) is 0 Å². The zero-order valence-electron chi connectivity index (χ0n) is 13.2. The molecule has 1 aliphatic rings. The first-order chi connectivity index (χ1) is 10.7. The van der Waals surface area contributed by atoms with Crippen LogP contribution < -0.4 is 10.6 Å². The summed E-state index contributed by atoms with van der Waals surface area (Å²) in [7, 11) is 0. The van der Waals surface area contributed by atoms with Crippen LogP contribution in [0.3, 0.4) is 0 Å². The number of aromatic nitrogens is 2. The van der Waals surface area contributed by atoms with Crippen molar-refractivity contribution in [3.8, 4) is 0 Å². The minimum Gasteiger partial charge on any atom is -0.352 e. The second-order valence-corrected chi connectivity index (χ2v) is 5.95. The van der Waals surface area contributed by atoms with Gasteiger partial charge in [-0.05, 0) is 36.2 Å². The van der Waals surface area contributed by atoms with Crippen molar-refractivity contribution in [3.05, 3.63) is 53.9 Å². The molecule has 1 aliphatic heterocycles. The fourth-order valence-electron chi connectivity index (χ4n) is 2.65. The fourth-order valence-corrected chi connectivity index (χ4v) is 2.65. The standard InChI is InChI=1S/C17H22N4O.ClH/c1-13(16-10-18-11-16)17(22)19-9-14-4-2-5-15(8-14)12-21-7-3-6-20-21;/h2-8,13,16,18H,9-12H2,1H3,(H,19,22);1H. The highest BCUT2D eigenvalue weighted by Gasteiger charge is 2.28. The number of benzene rings is 1. The van der Waals surface area contributed by atoms with E-state index in [-0.39, 0.29) is 24.2 Å². The molecule has 1 aromatic heterocycles. The van der Waals surface area contributed by atoms with E-state index in [9.17, 15) is 4.79 Å². The molecule has 1 fully saturated rings. The van der Waals surface area contributed by atoms with E-state index in [1.807, 2.05) is 36.0 Å². The fraction of sp³-hybridized carbons (Fsp3) is 0.412. The molecular weight excluding hydrogens is 312 g/mol. The Balaban J connectivity index is 0.00000192. The molecule has 0 saturated carbocycles. The lowest BCUT2D eigenvalue weighted by molar-refractivity contribution is -0.126. The average molecular weight is 335 g/mol. The van der Waals surface area contributed by atoms with E-state index < -0.39 is 0 Å². The smallest absolute Gasteiger partial charge is 0.223 e. The third kappa shape index (κ3) is 4.56. The molecule has 1 atom stereocenters. The van der Waals surface area contributed by atoms with Crippen LogP contribution in [-0.2, 0) is 17.9 Å². The summed E-state index contributed by atoms with van der Waals surface area (Å²) < 4.78 is 1.89. The number of carbonyl (C=O) groups excluding carboxylic acids is 1. The van der Waals surface area contributed by atoms with Gasteiger partial charge in [-0.25, -0.2) is 0 Å². The molecule has 1 aromatic carbocycles. The second-order valence-electron chi connectivity index (χ2n) is 5.95. The Labute approximate surface area is 142 Å². The number of nitrogens with one attached hydrogen (secondary N) is 2. The third-order valence-corrected chi connectivity index (χ3v) is 4.30. The molecule has 124 valence electrons. The Kier molecular flexibility index (Phi) is 6.19. The van der Waals surface area contributed by atoms with Gasteiger partial charge in [0, 0.05) is 24.9 Å². The maximum Gasteiger partial charge on any atom is 0.223 e. The molecule has 2 N–H and O–H groups in total. The predicted molar refractivity (Wildman–Crippen MR) is 92.4 cm³/mol. The highest BCUT2D eigenvalue weighted by atomic mass is 35.5. The van der Waals surface area contributed by atoms with Crippen LogP contribution in [0.5, 0.6) is 0 Å². The quantitative estimate of drug-likeness (QED) is 0.847. The molecule has 6 heteroatoms. The minimum absolute atomic E-state index is 0. The molecule has 0 spiro atoms. The van der Waals surface area contributed by atoms with Crippen LogP contribution in [0.25, 0.3) is 0 Å². The lowest BCUT2D eigenvalue weighted by Crippen LogP contribution is -2.49. The SMILES string of the molecule is CC(C(=O)NCc1cccc(Cn2cccn2)c1)C1CNC1.Cl. The summed E-state index contributed by atoms with van der Waals surface area (Å²) in [4.78, 5) is 12.1. The lowest BCUT2D eigenvalue weighted by atomic mass is 9.88. The van der Waals surface area contributed by atoms with Crippen molar-refractivity contribution >= 4 is 18.3 Å². The molecule has 0 aliphatic carbocycles. The topological polar surface area (TPSA) is 59.0 Å². The summed E-state index contributed by atoms with van der Waals surface area (Å²) in [5, 5.41) is 10.5. The molecular formula is C17H23ClN4O. The number of nitrogens with zero attached hydrogens (tertiary/aromatic N) is 2. The maximum absolute atomic E-state index is 12.1. The summed E-state index contributed by atoms with van der Waals surface area (Å²) in [6.07, 6.45) is 3.73. The summed E-state index contributed by atoms with van der Waals surface area (Å²) in [6, 6.07) is 10.2. The van der Waals surface area contributed by atoms with Crippen LogP contribution in [0.1, 0.15) is 18.1 Å². The lowest BCUT2D eigenvalue weighted by Gasteiger charge is -2.31. The predicted octanol–water partition coefficient (Wildman–Crippen LogP) is 1.82. The van der Waals surface area contributed by atoms with Crippen molar-refractivity contribution in [2.24, 2.45) is 11.8 Å². The zero-order valence-corrected chi connectivity index (χ0v) is 14.1. The van der Waals surface area contributed by atoms with Crippen molar-refractivity contribution in [1.29, 1.82) is 0 Å². The van der Waals surface area contributed by atoms with Gasteiger partial charge in [-0.2, -0.15) is 5.10 Å². The second kappa shape index (κ2) is 8.13. The first-order valence-electron chi connectivity index (χ1n) is 7.76. The molecule has 1 saturated heterocycles. The molecule has 23 heavy (non-hydrogen) atoms. The van der Waals surface area contributed by atoms with Gasteiger partial charge in [-0.3, -0.25) is 9.48 Å². The van der Waals surface area contributed by atoms with Gasteiger partial charge in [0.25, 0.3) is 0 Å². The van der Waals surface area contributed by atoms with Crippen molar-refractivity contribution in [2.45, 2.75) is 20.0 Å². The van der Waals surface area contributed by atoms with Crippen LogP contribution in [0.15, 0.2) is 42.7 Å². The number of hydrogen-bond donors (Lipinski definition) is 2. The van der Waals surface area contributed by atoms with Crippen molar-refractivity contribution in [1.82, 2.24) is 20.4 Å². The molecule has 2 heterocycles. The van der Waals surface area contributed by atoms with Gasteiger partial charge >= 0.3 is 0 Å². The Hall–Kier alpha value is -1.85. The monoisotopic (exact) mass is 334 g/mol. The Morgan fingerprint density at radius 3 is 2.83 bits per heavy atom. The van der Waals surface area contributed by atoms with E-state index >= 15 is 0 Å². The highest BCUT2D eigenvalue weighted by molar-refractivity contribution is 5.85. The van der Waals surface area contributed by atoms with E-state index in [0.717, 1.165) is 25.2 Å². The van der Waals surface area contributed by atoms with Gasteiger partial charge in [-0.15, -0.1) is 12.4 Å². The zero-order chi connectivity index (χ0) is 15.4. The Morgan fingerprint density at radius 2 is 2.17 bits per heavy atom. The number of halogens is 1. The van der Waals surface area contributed by atoms with Gasteiger partial charge in [0.15, 0.2) is 0 Å². The Morgan fingerprint density at radius 1 is 1.39 bits per heavy atom. The van der Waals surface area contributed by atoms with Crippen LogP contribution >= 0.6 is 12.4 Å². The highest BCUT2D eigenvalue weighted by Crippen LogP contribution is 2.16. The average Bonchev–Trinajstić information content (AvgIpc) is 2.96. The van der Waals surface area contributed by atoms with Crippen LogP contribution in [0, 0.1) is 11.8 Å². The van der Waals surface area contributed by atoms with E-state index in [0.29, 0.717) is 12.5 Å².